The Morgan fingerprint density at radius 2 is 2.24 bits per heavy atom. The molecule has 0 bridgehead atoms. The van der Waals surface area contributed by atoms with Gasteiger partial charge < -0.3 is 10.0 Å². The number of aliphatic hydroxyl groups is 1. The molecule has 112 valence electrons. The monoisotopic (exact) mass is 289 g/mol. The van der Waals surface area contributed by atoms with Crippen LogP contribution in [0, 0.1) is 23.1 Å². The van der Waals surface area contributed by atoms with Gasteiger partial charge in [-0.1, -0.05) is 25.7 Å². The van der Waals surface area contributed by atoms with Crippen molar-refractivity contribution in [3.05, 3.63) is 35.1 Å². The standard InChI is InChI=1S/C17H20FNO2/c1-17(2)8-4-9-19(12-17)16(21)15-11-14(18)7-6-13(15)5-3-10-20/h6-7,11,20H,4,8-10,12H2,1-2H3. The fourth-order valence-corrected chi connectivity index (χ4v) is 2.70. The number of likely N-dealkylation sites (tertiary alicyclic amines) is 1. The second-order valence-electron chi connectivity index (χ2n) is 6.14. The molecule has 1 aromatic rings. The van der Waals surface area contributed by atoms with Gasteiger partial charge in [-0.25, -0.2) is 4.39 Å². The van der Waals surface area contributed by atoms with Crippen LogP contribution in [-0.2, 0) is 0 Å². The van der Waals surface area contributed by atoms with Crippen LogP contribution in [0.2, 0.25) is 0 Å². The van der Waals surface area contributed by atoms with Gasteiger partial charge in [-0.2, -0.15) is 0 Å². The van der Waals surface area contributed by atoms with Gasteiger partial charge in [0.05, 0.1) is 5.56 Å². The molecule has 21 heavy (non-hydrogen) atoms. The SMILES string of the molecule is CC1(C)CCCN(C(=O)c2cc(F)ccc2C#CCO)C1. The van der Waals surface area contributed by atoms with E-state index in [4.69, 9.17) is 5.11 Å². The van der Waals surface area contributed by atoms with Crippen molar-refractivity contribution >= 4 is 5.91 Å². The molecule has 1 aliphatic heterocycles. The number of amides is 1. The zero-order valence-electron chi connectivity index (χ0n) is 12.4. The zero-order chi connectivity index (χ0) is 15.5. The predicted molar refractivity (Wildman–Crippen MR) is 79.3 cm³/mol. The van der Waals surface area contributed by atoms with Gasteiger partial charge in [-0.05, 0) is 36.5 Å². The molecule has 1 heterocycles. The third-order valence-corrected chi connectivity index (χ3v) is 3.70. The summed E-state index contributed by atoms with van der Waals surface area (Å²) in [5.41, 5.74) is 0.811. The second kappa shape index (κ2) is 6.28. The van der Waals surface area contributed by atoms with Gasteiger partial charge in [-0.15, -0.1) is 0 Å². The molecule has 0 aromatic heterocycles. The molecular formula is C17H20FNO2. The van der Waals surface area contributed by atoms with Crippen LogP contribution in [0.15, 0.2) is 18.2 Å². The summed E-state index contributed by atoms with van der Waals surface area (Å²) in [6.07, 6.45) is 2.03. The van der Waals surface area contributed by atoms with Crippen LogP contribution in [0.3, 0.4) is 0 Å². The Morgan fingerprint density at radius 3 is 2.90 bits per heavy atom. The highest BCUT2D eigenvalue weighted by molar-refractivity contribution is 5.96. The van der Waals surface area contributed by atoms with E-state index in [1.165, 1.54) is 18.2 Å². The van der Waals surface area contributed by atoms with Crippen LogP contribution in [-0.4, -0.2) is 35.6 Å². The predicted octanol–water partition coefficient (Wildman–Crippen LogP) is 2.43. The first-order chi connectivity index (χ1) is 9.93. The molecule has 0 unspecified atom stereocenters. The fraction of sp³-hybridized carbons (Fsp3) is 0.471. The number of carbonyl (C=O) groups excluding carboxylic acids is 1. The number of aliphatic hydroxyl groups excluding tert-OH is 1. The van der Waals surface area contributed by atoms with E-state index in [2.05, 4.69) is 25.7 Å². The lowest BCUT2D eigenvalue weighted by atomic mass is 9.84. The van der Waals surface area contributed by atoms with Gasteiger partial charge in [0.2, 0.25) is 0 Å². The highest BCUT2D eigenvalue weighted by atomic mass is 19.1. The minimum absolute atomic E-state index is 0.0815. The number of benzene rings is 1. The van der Waals surface area contributed by atoms with Crippen LogP contribution >= 0.6 is 0 Å². The Labute approximate surface area is 124 Å². The molecule has 4 heteroatoms. The third-order valence-electron chi connectivity index (χ3n) is 3.70. The smallest absolute Gasteiger partial charge is 0.255 e. The van der Waals surface area contributed by atoms with Crippen molar-refractivity contribution in [1.82, 2.24) is 4.90 Å². The molecule has 1 aliphatic rings. The van der Waals surface area contributed by atoms with E-state index in [0.717, 1.165) is 12.8 Å². The van der Waals surface area contributed by atoms with Gasteiger partial charge in [0.1, 0.15) is 12.4 Å². The molecule has 3 nitrogen and oxygen atoms in total. The minimum atomic E-state index is -0.454. The highest BCUT2D eigenvalue weighted by Gasteiger charge is 2.30. The quantitative estimate of drug-likeness (QED) is 0.807. The van der Waals surface area contributed by atoms with Gasteiger partial charge in [0.25, 0.3) is 5.91 Å². The maximum atomic E-state index is 13.5. The summed E-state index contributed by atoms with van der Waals surface area (Å²) >= 11 is 0. The Kier molecular flexibility index (Phi) is 4.64. The van der Waals surface area contributed by atoms with Crippen molar-refractivity contribution in [3.8, 4) is 11.8 Å². The Bertz CT molecular complexity index is 599. The first-order valence-corrected chi connectivity index (χ1v) is 7.11. The van der Waals surface area contributed by atoms with Gasteiger partial charge in [0.15, 0.2) is 0 Å². The molecule has 1 amide bonds. The molecule has 0 spiro atoms. The number of piperidine rings is 1. The number of rotatable bonds is 1. The fourth-order valence-electron chi connectivity index (χ4n) is 2.70. The molecule has 0 radical (unpaired) electrons. The molecule has 0 saturated carbocycles. The molecule has 1 fully saturated rings. The summed E-state index contributed by atoms with van der Waals surface area (Å²) in [6.45, 7) is 5.32. The lowest BCUT2D eigenvalue weighted by Gasteiger charge is -2.38. The van der Waals surface area contributed by atoms with E-state index >= 15 is 0 Å². The molecule has 1 aromatic carbocycles. The zero-order valence-corrected chi connectivity index (χ0v) is 12.4. The number of halogens is 1. The number of hydrogen-bond acceptors (Lipinski definition) is 2. The summed E-state index contributed by atoms with van der Waals surface area (Å²) in [4.78, 5) is 14.4. The maximum absolute atomic E-state index is 13.5. The van der Waals surface area contributed by atoms with Crippen LogP contribution in [0.4, 0.5) is 4.39 Å². The van der Waals surface area contributed by atoms with Crippen molar-refractivity contribution in [1.29, 1.82) is 0 Å². The van der Waals surface area contributed by atoms with Crippen molar-refractivity contribution in [2.45, 2.75) is 26.7 Å². The third kappa shape index (κ3) is 3.83. The Morgan fingerprint density at radius 1 is 1.48 bits per heavy atom. The molecular weight excluding hydrogens is 269 g/mol. The Balaban J connectivity index is 2.31. The second-order valence-corrected chi connectivity index (χ2v) is 6.14. The Hall–Kier alpha value is -1.86. The van der Waals surface area contributed by atoms with Gasteiger partial charge in [-0.3, -0.25) is 4.79 Å². The normalized spacial score (nSPS) is 17.0. The van der Waals surface area contributed by atoms with E-state index in [0.29, 0.717) is 18.7 Å². The van der Waals surface area contributed by atoms with Crippen molar-refractivity contribution < 1.29 is 14.3 Å². The lowest BCUT2D eigenvalue weighted by Crippen LogP contribution is -2.43. The average molecular weight is 289 g/mol. The molecule has 1 saturated heterocycles. The van der Waals surface area contributed by atoms with E-state index in [-0.39, 0.29) is 23.5 Å². The summed E-state index contributed by atoms with van der Waals surface area (Å²) in [7, 11) is 0. The van der Waals surface area contributed by atoms with Crippen LogP contribution in [0.1, 0.15) is 42.6 Å². The van der Waals surface area contributed by atoms with Gasteiger partial charge >= 0.3 is 0 Å². The first-order valence-electron chi connectivity index (χ1n) is 7.11. The maximum Gasteiger partial charge on any atom is 0.255 e. The van der Waals surface area contributed by atoms with Gasteiger partial charge in [0, 0.05) is 18.7 Å². The van der Waals surface area contributed by atoms with Crippen LogP contribution in [0.25, 0.3) is 0 Å². The van der Waals surface area contributed by atoms with E-state index in [1.807, 2.05) is 0 Å². The topological polar surface area (TPSA) is 40.5 Å². The largest absolute Gasteiger partial charge is 0.384 e. The summed E-state index contributed by atoms with van der Waals surface area (Å²) < 4.78 is 13.5. The average Bonchev–Trinajstić information content (AvgIpc) is 2.44. The molecule has 0 atom stereocenters. The summed E-state index contributed by atoms with van der Waals surface area (Å²) in [5.74, 6) is 4.58. The van der Waals surface area contributed by atoms with Crippen molar-refractivity contribution in [3.63, 3.8) is 0 Å². The summed E-state index contributed by atoms with van der Waals surface area (Å²) in [6, 6.07) is 3.99. The lowest BCUT2D eigenvalue weighted by molar-refractivity contribution is 0.0582. The summed E-state index contributed by atoms with van der Waals surface area (Å²) in [5, 5.41) is 8.79. The first kappa shape index (κ1) is 15.5. The molecule has 0 aliphatic carbocycles. The van der Waals surface area contributed by atoms with Crippen molar-refractivity contribution in [2.75, 3.05) is 19.7 Å². The number of nitrogens with zero attached hydrogens (tertiary/aromatic N) is 1. The highest BCUT2D eigenvalue weighted by Crippen LogP contribution is 2.29. The minimum Gasteiger partial charge on any atom is -0.384 e. The molecule has 1 N–H and O–H groups in total. The van der Waals surface area contributed by atoms with E-state index in [9.17, 15) is 9.18 Å². The van der Waals surface area contributed by atoms with Crippen LogP contribution < -0.4 is 0 Å². The van der Waals surface area contributed by atoms with Crippen LogP contribution in [0.5, 0.6) is 0 Å². The van der Waals surface area contributed by atoms with E-state index < -0.39 is 5.82 Å². The van der Waals surface area contributed by atoms with Crippen molar-refractivity contribution in [2.24, 2.45) is 5.41 Å². The number of hydrogen-bond donors (Lipinski definition) is 1. The number of carbonyl (C=O) groups is 1. The van der Waals surface area contributed by atoms with E-state index in [1.54, 1.807) is 4.90 Å². The molecule has 2 rings (SSSR count).